The number of para-hydroxylation sites is 1. The van der Waals surface area contributed by atoms with Gasteiger partial charge in [0.25, 0.3) is 18.4 Å². The first-order chi connectivity index (χ1) is 14.4. The second kappa shape index (κ2) is 8.37. The van der Waals surface area contributed by atoms with Gasteiger partial charge in [-0.1, -0.05) is 12.1 Å². The Hall–Kier alpha value is -3.04. The van der Waals surface area contributed by atoms with E-state index in [-0.39, 0.29) is 5.92 Å². The number of alkyl halides is 4. The maximum absolute atomic E-state index is 13.2. The fraction of sp³-hybridized carbons (Fsp3) is 0.400. The van der Waals surface area contributed by atoms with Crippen molar-refractivity contribution in [2.75, 3.05) is 18.0 Å². The molecule has 30 heavy (non-hydrogen) atoms. The number of nitrogens with zero attached hydrogens (tertiary/aromatic N) is 5. The number of anilines is 1. The van der Waals surface area contributed by atoms with Crippen LogP contribution in [-0.4, -0.2) is 32.6 Å². The average molecular weight is 421 g/mol. The Morgan fingerprint density at radius 1 is 1.03 bits per heavy atom. The van der Waals surface area contributed by atoms with Crippen LogP contribution in [0.25, 0.3) is 10.9 Å². The van der Waals surface area contributed by atoms with Gasteiger partial charge in [-0.15, -0.1) is 0 Å². The molecule has 0 aliphatic carbocycles. The van der Waals surface area contributed by atoms with Crippen LogP contribution in [0.3, 0.4) is 0 Å². The molecule has 1 aliphatic rings. The fourth-order valence-electron chi connectivity index (χ4n) is 3.72. The van der Waals surface area contributed by atoms with Crippen LogP contribution in [0, 0.1) is 5.92 Å². The van der Waals surface area contributed by atoms with Crippen LogP contribution in [0.1, 0.15) is 37.2 Å². The van der Waals surface area contributed by atoms with Gasteiger partial charge in [0.15, 0.2) is 5.82 Å². The van der Waals surface area contributed by atoms with Gasteiger partial charge in [-0.25, -0.2) is 32.5 Å². The predicted molar refractivity (Wildman–Crippen MR) is 103 cm³/mol. The summed E-state index contributed by atoms with van der Waals surface area (Å²) in [5.74, 6) is 0.123. The lowest BCUT2D eigenvalue weighted by Gasteiger charge is -2.33. The van der Waals surface area contributed by atoms with Gasteiger partial charge in [-0.2, -0.15) is 0 Å². The molecule has 2 aromatic heterocycles. The Morgan fingerprint density at radius 3 is 2.43 bits per heavy atom. The van der Waals surface area contributed by atoms with E-state index in [0.717, 1.165) is 12.4 Å². The molecule has 0 unspecified atom stereocenters. The lowest BCUT2D eigenvalue weighted by molar-refractivity contribution is 0.140. The second-order valence-corrected chi connectivity index (χ2v) is 7.26. The number of aromatic nitrogens is 4. The standard InChI is InChI=1S/C20H19F4N5O/c21-17(22)15-9-16(30)29(11-25-15)10-12-5-7-28(8-6-12)20-13-3-1-2-4-14(13)26-19(27-20)18(23)24/h1-4,9,11-12,17-18H,5-8,10H2. The molecule has 0 saturated carbocycles. The number of rotatable bonds is 5. The molecule has 1 aliphatic heterocycles. The van der Waals surface area contributed by atoms with Crippen LogP contribution < -0.4 is 10.5 Å². The molecule has 0 radical (unpaired) electrons. The van der Waals surface area contributed by atoms with Crippen LogP contribution in [0.15, 0.2) is 41.5 Å². The van der Waals surface area contributed by atoms with Gasteiger partial charge in [0, 0.05) is 31.1 Å². The largest absolute Gasteiger partial charge is 0.356 e. The average Bonchev–Trinajstić information content (AvgIpc) is 2.74. The summed E-state index contributed by atoms with van der Waals surface area (Å²) < 4.78 is 53.1. The first-order valence-corrected chi connectivity index (χ1v) is 9.56. The van der Waals surface area contributed by atoms with Gasteiger partial charge in [0.2, 0.25) is 0 Å². The molecule has 10 heteroatoms. The Kier molecular flexibility index (Phi) is 5.65. The minimum absolute atomic E-state index is 0.140. The summed E-state index contributed by atoms with van der Waals surface area (Å²) in [5.41, 5.74) is -0.570. The smallest absolute Gasteiger partial charge is 0.297 e. The topological polar surface area (TPSA) is 63.9 Å². The molecule has 1 aromatic carbocycles. The molecule has 1 fully saturated rings. The molecule has 1 saturated heterocycles. The Labute approximate surface area is 169 Å². The quantitative estimate of drug-likeness (QED) is 0.583. The van der Waals surface area contributed by atoms with E-state index >= 15 is 0 Å². The summed E-state index contributed by atoms with van der Waals surface area (Å²) in [6.45, 7) is 1.52. The highest BCUT2D eigenvalue weighted by molar-refractivity contribution is 5.89. The number of piperidine rings is 1. The third-order valence-electron chi connectivity index (χ3n) is 5.29. The maximum Gasteiger partial charge on any atom is 0.297 e. The molecular weight excluding hydrogens is 402 g/mol. The van der Waals surface area contributed by atoms with Crippen LogP contribution in [0.2, 0.25) is 0 Å². The summed E-state index contributed by atoms with van der Waals surface area (Å²) in [7, 11) is 0. The van der Waals surface area contributed by atoms with Crippen molar-refractivity contribution in [3.8, 4) is 0 Å². The van der Waals surface area contributed by atoms with Crippen molar-refractivity contribution in [2.24, 2.45) is 5.92 Å². The van der Waals surface area contributed by atoms with E-state index in [1.807, 2.05) is 17.0 Å². The highest BCUT2D eigenvalue weighted by atomic mass is 19.3. The van der Waals surface area contributed by atoms with Gasteiger partial charge in [-0.05, 0) is 30.9 Å². The molecular formula is C20H19F4N5O. The van der Waals surface area contributed by atoms with Gasteiger partial charge in [0.05, 0.1) is 11.8 Å². The van der Waals surface area contributed by atoms with E-state index < -0.39 is 29.9 Å². The van der Waals surface area contributed by atoms with Crippen LogP contribution >= 0.6 is 0 Å². The summed E-state index contributed by atoms with van der Waals surface area (Å²) >= 11 is 0. The van der Waals surface area contributed by atoms with Crippen molar-refractivity contribution in [3.05, 3.63) is 58.5 Å². The maximum atomic E-state index is 13.2. The van der Waals surface area contributed by atoms with E-state index in [4.69, 9.17) is 0 Å². The first-order valence-electron chi connectivity index (χ1n) is 9.56. The minimum Gasteiger partial charge on any atom is -0.356 e. The van der Waals surface area contributed by atoms with E-state index in [0.29, 0.717) is 49.2 Å². The molecule has 3 aromatic rings. The lowest BCUT2D eigenvalue weighted by Crippen LogP contribution is -2.37. The molecule has 0 bridgehead atoms. The molecule has 0 atom stereocenters. The predicted octanol–water partition coefficient (Wildman–Crippen LogP) is 3.98. The Balaban J connectivity index is 1.49. The number of hydrogen-bond acceptors (Lipinski definition) is 5. The summed E-state index contributed by atoms with van der Waals surface area (Å²) in [6.07, 6.45) is -2.99. The Morgan fingerprint density at radius 2 is 1.77 bits per heavy atom. The molecule has 4 rings (SSSR count). The van der Waals surface area contributed by atoms with Gasteiger partial charge in [-0.3, -0.25) is 9.36 Å². The number of hydrogen-bond donors (Lipinski definition) is 0. The summed E-state index contributed by atoms with van der Waals surface area (Å²) in [5, 5.41) is 0.711. The number of benzene rings is 1. The molecule has 3 heterocycles. The van der Waals surface area contributed by atoms with E-state index in [2.05, 4.69) is 15.0 Å². The van der Waals surface area contributed by atoms with Gasteiger partial charge in [0.1, 0.15) is 11.5 Å². The van der Waals surface area contributed by atoms with Crippen molar-refractivity contribution in [1.82, 2.24) is 19.5 Å². The first kappa shape index (κ1) is 20.2. The van der Waals surface area contributed by atoms with Crippen molar-refractivity contribution >= 4 is 16.7 Å². The summed E-state index contributed by atoms with van der Waals surface area (Å²) in [6, 6.07) is 7.90. The minimum atomic E-state index is -2.78. The highest BCUT2D eigenvalue weighted by Gasteiger charge is 2.24. The Bertz CT molecular complexity index is 1100. The number of halogens is 4. The SMILES string of the molecule is O=c1cc(C(F)F)ncn1CC1CCN(c2nc(C(F)F)nc3ccccc23)CC1. The van der Waals surface area contributed by atoms with E-state index in [1.165, 1.54) is 4.57 Å². The van der Waals surface area contributed by atoms with E-state index in [1.54, 1.807) is 12.1 Å². The summed E-state index contributed by atoms with van der Waals surface area (Å²) in [4.78, 5) is 25.7. The molecule has 0 spiro atoms. The van der Waals surface area contributed by atoms with Crippen LogP contribution in [0.4, 0.5) is 23.4 Å². The van der Waals surface area contributed by atoms with Gasteiger partial charge >= 0.3 is 0 Å². The van der Waals surface area contributed by atoms with Gasteiger partial charge < -0.3 is 4.90 Å². The zero-order chi connectivity index (χ0) is 21.3. The highest BCUT2D eigenvalue weighted by Crippen LogP contribution is 2.30. The molecule has 158 valence electrons. The van der Waals surface area contributed by atoms with Crippen molar-refractivity contribution in [2.45, 2.75) is 32.2 Å². The van der Waals surface area contributed by atoms with Crippen LogP contribution in [-0.2, 0) is 6.54 Å². The normalized spacial score (nSPS) is 15.5. The fourth-order valence-corrected chi connectivity index (χ4v) is 3.72. The zero-order valence-corrected chi connectivity index (χ0v) is 15.9. The molecule has 6 nitrogen and oxygen atoms in total. The van der Waals surface area contributed by atoms with E-state index in [9.17, 15) is 22.4 Å². The molecule has 0 N–H and O–H groups in total. The monoisotopic (exact) mass is 421 g/mol. The van der Waals surface area contributed by atoms with Crippen molar-refractivity contribution in [3.63, 3.8) is 0 Å². The third kappa shape index (κ3) is 4.12. The second-order valence-electron chi connectivity index (χ2n) is 7.26. The van der Waals surface area contributed by atoms with Crippen LogP contribution in [0.5, 0.6) is 0 Å². The lowest BCUT2D eigenvalue weighted by atomic mass is 9.96. The molecule has 0 amide bonds. The number of fused-ring (bicyclic) bond motifs is 1. The van der Waals surface area contributed by atoms with Crippen molar-refractivity contribution < 1.29 is 17.6 Å². The third-order valence-corrected chi connectivity index (χ3v) is 5.29. The zero-order valence-electron chi connectivity index (χ0n) is 15.9. The van der Waals surface area contributed by atoms with Crippen molar-refractivity contribution in [1.29, 1.82) is 0 Å².